The second-order valence-corrected chi connectivity index (χ2v) is 12.5. The maximum atomic E-state index is 13.7. The van der Waals surface area contributed by atoms with Crippen LogP contribution in [0.1, 0.15) is 75.6 Å². The first-order valence-electron chi connectivity index (χ1n) is 15.6. The van der Waals surface area contributed by atoms with Gasteiger partial charge in [0.2, 0.25) is 0 Å². The van der Waals surface area contributed by atoms with E-state index in [1.165, 1.54) is 43.4 Å². The van der Waals surface area contributed by atoms with Crippen molar-refractivity contribution in [3.63, 3.8) is 0 Å². The van der Waals surface area contributed by atoms with Crippen LogP contribution in [0.25, 0.3) is 16.9 Å². The zero-order valence-corrected chi connectivity index (χ0v) is 26.1. The SMILES string of the molecule is COC1=CC(CCC2CCCC(CC(=O)Cc3nc(-c4ccc(Cl)c(C)c4)cn3-c3ccc(F)cc3)CC2)=CCCC=C1. The lowest BCUT2D eigenvalue weighted by Gasteiger charge is -2.16. The van der Waals surface area contributed by atoms with Gasteiger partial charge in [0.05, 0.1) is 19.2 Å². The van der Waals surface area contributed by atoms with Crippen LogP contribution in [0.3, 0.4) is 0 Å². The van der Waals surface area contributed by atoms with Crippen LogP contribution >= 0.6 is 11.6 Å². The number of benzene rings is 2. The highest BCUT2D eigenvalue weighted by atomic mass is 35.5. The molecule has 0 saturated heterocycles. The molecule has 2 aliphatic carbocycles. The third-order valence-electron chi connectivity index (χ3n) is 8.84. The van der Waals surface area contributed by atoms with Crippen LogP contribution in [-0.4, -0.2) is 22.4 Å². The van der Waals surface area contributed by atoms with Crippen molar-refractivity contribution in [2.75, 3.05) is 7.11 Å². The first kappa shape index (κ1) is 31.0. The van der Waals surface area contributed by atoms with Crippen LogP contribution in [-0.2, 0) is 16.0 Å². The molecule has 2 aromatic carbocycles. The summed E-state index contributed by atoms with van der Waals surface area (Å²) in [4.78, 5) is 18.3. The minimum atomic E-state index is -0.295. The fourth-order valence-corrected chi connectivity index (χ4v) is 6.47. The molecule has 1 fully saturated rings. The molecule has 0 N–H and O–H groups in total. The van der Waals surface area contributed by atoms with Gasteiger partial charge < -0.3 is 9.30 Å². The first-order valence-corrected chi connectivity index (χ1v) is 16.0. The highest BCUT2D eigenvalue weighted by molar-refractivity contribution is 6.31. The number of ether oxygens (including phenoxy) is 1. The molecule has 2 aliphatic rings. The minimum absolute atomic E-state index is 0.209. The van der Waals surface area contributed by atoms with Gasteiger partial charge in [-0.25, -0.2) is 9.37 Å². The van der Waals surface area contributed by atoms with E-state index in [1.54, 1.807) is 19.2 Å². The van der Waals surface area contributed by atoms with Crippen LogP contribution in [0, 0.1) is 24.6 Å². The zero-order chi connectivity index (χ0) is 30.2. The monoisotopic (exact) mass is 600 g/mol. The molecule has 0 spiro atoms. The maximum absolute atomic E-state index is 13.7. The summed E-state index contributed by atoms with van der Waals surface area (Å²) in [6.45, 7) is 1.96. The molecular weight excluding hydrogens is 559 g/mol. The Morgan fingerprint density at radius 3 is 2.65 bits per heavy atom. The van der Waals surface area contributed by atoms with Crippen molar-refractivity contribution in [3.8, 4) is 16.9 Å². The Bertz CT molecular complexity index is 1500. The third-order valence-corrected chi connectivity index (χ3v) is 9.27. The van der Waals surface area contributed by atoms with Gasteiger partial charge in [-0.2, -0.15) is 0 Å². The van der Waals surface area contributed by atoms with E-state index in [4.69, 9.17) is 21.3 Å². The number of methoxy groups -OCH3 is 1. The number of imidazole rings is 1. The van der Waals surface area contributed by atoms with Gasteiger partial charge >= 0.3 is 0 Å². The predicted octanol–water partition coefficient (Wildman–Crippen LogP) is 9.93. The average Bonchev–Trinajstić information content (AvgIpc) is 3.26. The van der Waals surface area contributed by atoms with Crippen molar-refractivity contribution in [3.05, 3.63) is 107 Å². The predicted molar refractivity (Wildman–Crippen MR) is 173 cm³/mol. The normalized spacial score (nSPS) is 19.2. The topological polar surface area (TPSA) is 44.1 Å². The lowest BCUT2D eigenvalue weighted by molar-refractivity contribution is -0.119. The van der Waals surface area contributed by atoms with Gasteiger partial charge in [0, 0.05) is 28.9 Å². The van der Waals surface area contributed by atoms with Crippen LogP contribution in [0.15, 0.2) is 84.3 Å². The fraction of sp³-hybridized carbons (Fsp3) is 0.405. The van der Waals surface area contributed by atoms with Crippen molar-refractivity contribution in [1.29, 1.82) is 0 Å². The van der Waals surface area contributed by atoms with E-state index in [0.717, 1.165) is 60.4 Å². The number of allylic oxidation sites excluding steroid dienone is 5. The molecule has 0 aliphatic heterocycles. The summed E-state index contributed by atoms with van der Waals surface area (Å²) < 4.78 is 21.1. The highest BCUT2D eigenvalue weighted by Crippen LogP contribution is 2.34. The molecule has 3 aromatic rings. The summed E-state index contributed by atoms with van der Waals surface area (Å²) in [7, 11) is 1.73. The van der Waals surface area contributed by atoms with E-state index < -0.39 is 0 Å². The maximum Gasteiger partial charge on any atom is 0.140 e. The molecule has 2 unspecified atom stereocenters. The third kappa shape index (κ3) is 8.57. The molecule has 5 rings (SSSR count). The smallest absolute Gasteiger partial charge is 0.140 e. The molecule has 0 radical (unpaired) electrons. The van der Waals surface area contributed by atoms with Crippen molar-refractivity contribution in [1.82, 2.24) is 9.55 Å². The minimum Gasteiger partial charge on any atom is -0.497 e. The van der Waals surface area contributed by atoms with Crippen molar-refractivity contribution in [2.24, 2.45) is 11.8 Å². The quantitative estimate of drug-likeness (QED) is 0.217. The molecule has 0 bridgehead atoms. The second kappa shape index (κ2) is 14.8. The number of aromatic nitrogens is 2. The summed E-state index contributed by atoms with van der Waals surface area (Å²) in [6.07, 6.45) is 21.7. The van der Waals surface area contributed by atoms with Gasteiger partial charge in [-0.15, -0.1) is 0 Å². The van der Waals surface area contributed by atoms with Crippen LogP contribution < -0.4 is 0 Å². The molecule has 1 saturated carbocycles. The standard InChI is InChI=1S/C37H42ClFN2O2/c1-26-21-30(15-20-35(26)38)36-25-41(32-18-16-31(39)17-19-32)37(40-36)24-33(42)22-28-9-6-8-27(11-13-28)12-14-29-7-4-3-5-10-34(23-29)43-2/h5,7,10,15-21,23,25,27-28H,3-4,6,8-9,11-14,22,24H2,1-2H3. The van der Waals surface area contributed by atoms with Crippen LogP contribution in [0.5, 0.6) is 0 Å². The van der Waals surface area contributed by atoms with Gasteiger partial charge in [-0.05, 0) is 111 Å². The number of carbonyl (C=O) groups is 1. The number of hydrogen-bond acceptors (Lipinski definition) is 3. The summed E-state index contributed by atoms with van der Waals surface area (Å²) in [6, 6.07) is 12.1. The average molecular weight is 601 g/mol. The summed E-state index contributed by atoms with van der Waals surface area (Å²) in [5, 5.41) is 0.703. The van der Waals surface area contributed by atoms with Crippen LogP contribution in [0.2, 0.25) is 5.02 Å². The van der Waals surface area contributed by atoms with Gasteiger partial charge in [0.15, 0.2) is 0 Å². The Balaban J connectivity index is 1.22. The Morgan fingerprint density at radius 2 is 1.86 bits per heavy atom. The number of hydrogen-bond donors (Lipinski definition) is 0. The first-order chi connectivity index (χ1) is 20.9. The Labute approximate surface area is 260 Å². The van der Waals surface area contributed by atoms with Crippen molar-refractivity contribution < 1.29 is 13.9 Å². The Kier molecular flexibility index (Phi) is 10.7. The second-order valence-electron chi connectivity index (χ2n) is 12.1. The number of carbonyl (C=O) groups excluding carboxylic acids is 1. The molecule has 43 heavy (non-hydrogen) atoms. The molecule has 4 nitrogen and oxygen atoms in total. The molecule has 1 heterocycles. The summed E-state index contributed by atoms with van der Waals surface area (Å²) in [5.41, 5.74) is 4.84. The fourth-order valence-electron chi connectivity index (χ4n) is 6.36. The molecule has 6 heteroatoms. The number of rotatable bonds is 10. The molecule has 0 amide bonds. The van der Waals surface area contributed by atoms with Gasteiger partial charge in [0.1, 0.15) is 23.2 Å². The van der Waals surface area contributed by atoms with Crippen molar-refractivity contribution >= 4 is 17.4 Å². The number of halogens is 2. The van der Waals surface area contributed by atoms with E-state index in [9.17, 15) is 9.18 Å². The van der Waals surface area contributed by atoms with E-state index in [0.29, 0.717) is 29.1 Å². The van der Waals surface area contributed by atoms with Gasteiger partial charge in [-0.3, -0.25) is 4.79 Å². The molecule has 2 atom stereocenters. The lowest BCUT2D eigenvalue weighted by Crippen LogP contribution is -2.13. The zero-order valence-electron chi connectivity index (χ0n) is 25.3. The molecule has 1 aromatic heterocycles. The number of Topliss-reactive ketones (excluding diaryl/α,β-unsaturated/α-hetero) is 1. The highest BCUT2D eigenvalue weighted by Gasteiger charge is 2.23. The number of aryl methyl sites for hydroxylation is 1. The van der Waals surface area contributed by atoms with E-state index in [1.807, 2.05) is 35.9 Å². The van der Waals surface area contributed by atoms with Gasteiger partial charge in [0.25, 0.3) is 0 Å². The van der Waals surface area contributed by atoms with E-state index in [2.05, 4.69) is 24.3 Å². The Morgan fingerprint density at radius 1 is 1.07 bits per heavy atom. The Hall–Kier alpha value is -3.44. The van der Waals surface area contributed by atoms with Crippen molar-refractivity contribution in [2.45, 2.75) is 77.6 Å². The number of nitrogens with zero attached hydrogens (tertiary/aromatic N) is 2. The molecular formula is C37H42ClFN2O2. The summed E-state index contributed by atoms with van der Waals surface area (Å²) in [5.74, 6) is 2.63. The number of ketones is 1. The van der Waals surface area contributed by atoms with E-state index >= 15 is 0 Å². The summed E-state index contributed by atoms with van der Waals surface area (Å²) >= 11 is 6.26. The van der Waals surface area contributed by atoms with Crippen LogP contribution in [0.4, 0.5) is 4.39 Å². The largest absolute Gasteiger partial charge is 0.497 e. The lowest BCUT2D eigenvalue weighted by atomic mass is 9.90. The van der Waals surface area contributed by atoms with Gasteiger partial charge in [-0.1, -0.05) is 55.5 Å². The molecule has 226 valence electrons. The van der Waals surface area contributed by atoms with E-state index in [-0.39, 0.29) is 18.0 Å².